The Morgan fingerprint density at radius 1 is 1.10 bits per heavy atom. The van der Waals surface area contributed by atoms with Crippen LogP contribution in [0.1, 0.15) is 20.7 Å². The molecule has 4 nitrogen and oxygen atoms in total. The summed E-state index contributed by atoms with van der Waals surface area (Å²) in [4.78, 5) is 22.9. The molecule has 2 aromatic carbocycles. The van der Waals surface area contributed by atoms with Crippen LogP contribution in [-0.2, 0) is 0 Å². The summed E-state index contributed by atoms with van der Waals surface area (Å²) in [5, 5.41) is 11.6. The van der Waals surface area contributed by atoms with Crippen LogP contribution in [0.3, 0.4) is 0 Å². The number of hydrogen-bond acceptors (Lipinski definition) is 2. The quantitative estimate of drug-likeness (QED) is 0.849. The van der Waals surface area contributed by atoms with Crippen molar-refractivity contribution in [2.75, 3.05) is 5.32 Å². The highest BCUT2D eigenvalue weighted by atomic mass is 79.9. The van der Waals surface area contributed by atoms with Gasteiger partial charge in [-0.25, -0.2) is 9.18 Å². The summed E-state index contributed by atoms with van der Waals surface area (Å²) >= 11 is 8.88. The van der Waals surface area contributed by atoms with Gasteiger partial charge in [-0.1, -0.05) is 27.5 Å². The number of aromatic carboxylic acids is 1. The van der Waals surface area contributed by atoms with Crippen LogP contribution >= 0.6 is 27.5 Å². The molecule has 0 spiro atoms. The maximum atomic E-state index is 13.3. The van der Waals surface area contributed by atoms with E-state index in [1.54, 1.807) is 0 Å². The van der Waals surface area contributed by atoms with Crippen LogP contribution in [0.2, 0.25) is 5.02 Å². The second kappa shape index (κ2) is 6.24. The Kier molecular flexibility index (Phi) is 4.59. The van der Waals surface area contributed by atoms with E-state index < -0.39 is 17.7 Å². The van der Waals surface area contributed by atoms with Crippen molar-refractivity contribution in [2.24, 2.45) is 0 Å². The van der Waals surface area contributed by atoms with Crippen molar-refractivity contribution >= 4 is 45.1 Å². The maximum absolute atomic E-state index is 13.3. The zero-order valence-electron chi connectivity index (χ0n) is 10.4. The summed E-state index contributed by atoms with van der Waals surface area (Å²) in [6, 6.07) is 7.67. The van der Waals surface area contributed by atoms with Gasteiger partial charge >= 0.3 is 5.97 Å². The Morgan fingerprint density at radius 2 is 1.81 bits per heavy atom. The molecular formula is C14H8BrClFNO3. The number of carbonyl (C=O) groups excluding carboxylic acids is 1. The smallest absolute Gasteiger partial charge is 0.335 e. The lowest BCUT2D eigenvalue weighted by Gasteiger charge is -2.07. The van der Waals surface area contributed by atoms with Crippen molar-refractivity contribution in [2.45, 2.75) is 0 Å². The van der Waals surface area contributed by atoms with Gasteiger partial charge in [0.2, 0.25) is 0 Å². The predicted molar refractivity (Wildman–Crippen MR) is 80.5 cm³/mol. The Labute approximate surface area is 132 Å². The minimum absolute atomic E-state index is 0.0572. The van der Waals surface area contributed by atoms with Crippen LogP contribution in [0.5, 0.6) is 0 Å². The molecule has 0 aliphatic rings. The number of nitrogens with one attached hydrogen (secondary N) is 1. The number of amides is 1. The van der Waals surface area contributed by atoms with E-state index in [2.05, 4.69) is 21.2 Å². The van der Waals surface area contributed by atoms with E-state index in [-0.39, 0.29) is 21.8 Å². The van der Waals surface area contributed by atoms with E-state index >= 15 is 0 Å². The molecule has 0 aliphatic carbocycles. The van der Waals surface area contributed by atoms with Gasteiger partial charge in [0.1, 0.15) is 5.82 Å². The third-order valence-corrected chi connectivity index (χ3v) is 3.20. The molecule has 1 amide bonds. The Morgan fingerprint density at radius 3 is 2.43 bits per heavy atom. The van der Waals surface area contributed by atoms with Crippen LogP contribution in [0.25, 0.3) is 0 Å². The molecule has 7 heteroatoms. The summed E-state index contributed by atoms with van der Waals surface area (Å²) in [5.74, 6) is -2.30. The Balaban J connectivity index is 2.29. The molecule has 2 N–H and O–H groups in total. The van der Waals surface area contributed by atoms with Crippen LogP contribution in [0.15, 0.2) is 40.9 Å². The van der Waals surface area contributed by atoms with Crippen molar-refractivity contribution in [1.82, 2.24) is 0 Å². The first-order valence-corrected chi connectivity index (χ1v) is 6.83. The predicted octanol–water partition coefficient (Wildman–Crippen LogP) is 4.19. The lowest BCUT2D eigenvalue weighted by Crippen LogP contribution is -2.13. The van der Waals surface area contributed by atoms with Gasteiger partial charge in [0.25, 0.3) is 5.91 Å². The monoisotopic (exact) mass is 371 g/mol. The molecule has 0 radical (unpaired) electrons. The lowest BCUT2D eigenvalue weighted by atomic mass is 10.1. The standard InChI is InChI=1S/C14H8BrClFNO3/c15-9-1-7(3-11(17)5-9)13(19)18-12-4-8(14(20)21)2-10(16)6-12/h1-6H,(H,18,19)(H,20,21). The molecule has 0 heterocycles. The number of rotatable bonds is 3. The topological polar surface area (TPSA) is 66.4 Å². The first-order chi connectivity index (χ1) is 9.85. The number of carboxylic acid groups (broad SMARTS) is 1. The molecule has 2 aromatic rings. The zero-order chi connectivity index (χ0) is 15.6. The second-order valence-corrected chi connectivity index (χ2v) is 5.50. The summed E-state index contributed by atoms with van der Waals surface area (Å²) in [6.45, 7) is 0. The zero-order valence-corrected chi connectivity index (χ0v) is 12.7. The third-order valence-electron chi connectivity index (χ3n) is 2.53. The van der Waals surface area contributed by atoms with Crippen LogP contribution in [-0.4, -0.2) is 17.0 Å². The molecule has 0 bridgehead atoms. The summed E-state index contributed by atoms with van der Waals surface area (Å²) in [7, 11) is 0. The average Bonchev–Trinajstić information content (AvgIpc) is 2.36. The highest BCUT2D eigenvalue weighted by molar-refractivity contribution is 9.10. The van der Waals surface area contributed by atoms with Crippen LogP contribution in [0.4, 0.5) is 10.1 Å². The molecule has 0 aliphatic heterocycles. The molecule has 2 rings (SSSR count). The van der Waals surface area contributed by atoms with E-state index in [0.717, 1.165) is 6.07 Å². The minimum atomic E-state index is -1.17. The first-order valence-electron chi connectivity index (χ1n) is 5.66. The molecule has 0 aromatic heterocycles. The van der Waals surface area contributed by atoms with Crippen LogP contribution < -0.4 is 5.32 Å². The summed E-state index contributed by atoms with van der Waals surface area (Å²) in [5.41, 5.74) is 0.252. The summed E-state index contributed by atoms with van der Waals surface area (Å²) < 4.78 is 13.7. The van der Waals surface area contributed by atoms with Gasteiger partial charge in [0, 0.05) is 20.7 Å². The first kappa shape index (κ1) is 15.5. The van der Waals surface area contributed by atoms with E-state index in [9.17, 15) is 14.0 Å². The van der Waals surface area contributed by atoms with Crippen molar-refractivity contribution in [3.8, 4) is 0 Å². The van der Waals surface area contributed by atoms with E-state index in [1.165, 1.54) is 30.3 Å². The molecule has 108 valence electrons. The minimum Gasteiger partial charge on any atom is -0.478 e. The van der Waals surface area contributed by atoms with Gasteiger partial charge in [0.15, 0.2) is 0 Å². The van der Waals surface area contributed by atoms with Crippen molar-refractivity contribution in [3.63, 3.8) is 0 Å². The summed E-state index contributed by atoms with van der Waals surface area (Å²) in [6.07, 6.45) is 0. The number of hydrogen-bond donors (Lipinski definition) is 2. The van der Waals surface area contributed by atoms with Crippen LogP contribution in [0, 0.1) is 5.82 Å². The Bertz CT molecular complexity index is 716. The molecule has 0 saturated heterocycles. The van der Waals surface area contributed by atoms with E-state index in [1.807, 2.05) is 0 Å². The molecule has 0 atom stereocenters. The molecular weight excluding hydrogens is 365 g/mol. The fourth-order valence-corrected chi connectivity index (χ4v) is 2.37. The molecule has 0 saturated carbocycles. The van der Waals surface area contributed by atoms with Gasteiger partial charge in [-0.15, -0.1) is 0 Å². The highest BCUT2D eigenvalue weighted by Gasteiger charge is 2.11. The van der Waals surface area contributed by atoms with Gasteiger partial charge < -0.3 is 10.4 Å². The van der Waals surface area contributed by atoms with Gasteiger partial charge in [-0.3, -0.25) is 4.79 Å². The van der Waals surface area contributed by atoms with Crippen molar-refractivity contribution in [1.29, 1.82) is 0 Å². The van der Waals surface area contributed by atoms with Gasteiger partial charge in [0.05, 0.1) is 5.56 Å². The maximum Gasteiger partial charge on any atom is 0.335 e. The second-order valence-electron chi connectivity index (χ2n) is 4.15. The number of halogens is 3. The lowest BCUT2D eigenvalue weighted by molar-refractivity contribution is 0.0696. The van der Waals surface area contributed by atoms with Gasteiger partial charge in [-0.2, -0.15) is 0 Å². The molecule has 0 unspecified atom stereocenters. The largest absolute Gasteiger partial charge is 0.478 e. The molecule has 0 fully saturated rings. The van der Waals surface area contributed by atoms with E-state index in [0.29, 0.717) is 4.47 Å². The van der Waals surface area contributed by atoms with E-state index in [4.69, 9.17) is 16.7 Å². The number of anilines is 1. The fourth-order valence-electron chi connectivity index (χ4n) is 1.67. The number of carboxylic acids is 1. The normalized spacial score (nSPS) is 10.2. The molecule has 21 heavy (non-hydrogen) atoms. The highest BCUT2D eigenvalue weighted by Crippen LogP contribution is 2.21. The number of carbonyl (C=O) groups is 2. The SMILES string of the molecule is O=C(O)c1cc(Cl)cc(NC(=O)c2cc(F)cc(Br)c2)c1. The Hall–Kier alpha value is -1.92. The number of benzene rings is 2. The average molecular weight is 373 g/mol. The third kappa shape index (κ3) is 4.03. The fraction of sp³-hybridized carbons (Fsp3) is 0. The van der Waals surface area contributed by atoms with Gasteiger partial charge in [-0.05, 0) is 36.4 Å². The van der Waals surface area contributed by atoms with Crippen molar-refractivity contribution in [3.05, 3.63) is 62.8 Å². The van der Waals surface area contributed by atoms with Crippen molar-refractivity contribution < 1.29 is 19.1 Å².